The summed E-state index contributed by atoms with van der Waals surface area (Å²) in [5, 5.41) is 13.3. The van der Waals surface area contributed by atoms with Crippen LogP contribution in [0.1, 0.15) is 19.4 Å². The third kappa shape index (κ3) is 3.71. The minimum atomic E-state index is -0.447. The Kier molecular flexibility index (Phi) is 3.98. The van der Waals surface area contributed by atoms with Crippen LogP contribution in [-0.2, 0) is 4.79 Å². The van der Waals surface area contributed by atoms with Gasteiger partial charge in [0.05, 0.1) is 4.92 Å². The first-order chi connectivity index (χ1) is 7.90. The number of rotatable bonds is 3. The second-order valence-corrected chi connectivity index (χ2v) is 3.97. The fourth-order valence-corrected chi connectivity index (χ4v) is 1.38. The van der Waals surface area contributed by atoms with E-state index in [2.05, 4.69) is 5.32 Å². The molecule has 1 amide bonds. The first-order valence-corrected chi connectivity index (χ1v) is 5.11. The van der Waals surface area contributed by atoms with Crippen LogP contribution in [0.4, 0.5) is 11.4 Å². The highest BCUT2D eigenvalue weighted by Crippen LogP contribution is 2.21. The van der Waals surface area contributed by atoms with E-state index in [0.717, 1.165) is 5.57 Å². The lowest BCUT2D eigenvalue weighted by Gasteiger charge is -2.04. The third-order valence-corrected chi connectivity index (χ3v) is 2.08. The number of hydrogen-bond acceptors (Lipinski definition) is 3. The van der Waals surface area contributed by atoms with E-state index in [1.54, 1.807) is 13.0 Å². The molecule has 0 aliphatic carbocycles. The van der Waals surface area contributed by atoms with Gasteiger partial charge in [-0.05, 0) is 32.9 Å². The summed E-state index contributed by atoms with van der Waals surface area (Å²) in [5.74, 6) is -0.238. The van der Waals surface area contributed by atoms with E-state index in [-0.39, 0.29) is 11.6 Å². The Morgan fingerprint density at radius 2 is 2.06 bits per heavy atom. The van der Waals surface area contributed by atoms with Gasteiger partial charge in [0.15, 0.2) is 0 Å². The van der Waals surface area contributed by atoms with Gasteiger partial charge in [-0.3, -0.25) is 14.9 Å². The normalized spacial score (nSPS) is 9.59. The zero-order valence-corrected chi connectivity index (χ0v) is 9.98. The molecule has 0 atom stereocenters. The largest absolute Gasteiger partial charge is 0.322 e. The second kappa shape index (κ2) is 5.25. The van der Waals surface area contributed by atoms with E-state index in [9.17, 15) is 14.9 Å². The smallest absolute Gasteiger partial charge is 0.272 e. The predicted molar refractivity (Wildman–Crippen MR) is 65.9 cm³/mol. The molecule has 0 saturated carbocycles. The molecule has 0 radical (unpaired) electrons. The van der Waals surface area contributed by atoms with Crippen molar-refractivity contribution in [3.63, 3.8) is 0 Å². The molecular formula is C12H14N2O3. The maximum absolute atomic E-state index is 11.4. The van der Waals surface area contributed by atoms with Crippen LogP contribution in [0.5, 0.6) is 0 Å². The van der Waals surface area contributed by atoms with Crippen LogP contribution in [-0.4, -0.2) is 10.8 Å². The summed E-state index contributed by atoms with van der Waals surface area (Å²) in [4.78, 5) is 21.6. The molecular weight excluding hydrogens is 220 g/mol. The molecule has 0 unspecified atom stereocenters. The van der Waals surface area contributed by atoms with Crippen LogP contribution in [0.2, 0.25) is 0 Å². The van der Waals surface area contributed by atoms with Gasteiger partial charge >= 0.3 is 0 Å². The zero-order valence-electron chi connectivity index (χ0n) is 9.98. The van der Waals surface area contributed by atoms with E-state index in [1.165, 1.54) is 18.2 Å². The van der Waals surface area contributed by atoms with Crippen molar-refractivity contribution in [2.45, 2.75) is 20.8 Å². The highest BCUT2D eigenvalue weighted by molar-refractivity contribution is 5.99. The summed E-state index contributed by atoms with van der Waals surface area (Å²) in [6.07, 6.45) is 1.47. The maximum atomic E-state index is 11.4. The average Bonchev–Trinajstić information content (AvgIpc) is 2.15. The molecule has 5 heteroatoms. The van der Waals surface area contributed by atoms with Gasteiger partial charge in [-0.1, -0.05) is 5.57 Å². The Balaban J connectivity index is 2.88. The number of nitro benzene ring substituents is 1. The lowest BCUT2D eigenvalue weighted by Crippen LogP contribution is -2.08. The van der Waals surface area contributed by atoms with Crippen molar-refractivity contribution in [3.05, 3.63) is 45.5 Å². The molecule has 0 aliphatic heterocycles. The average molecular weight is 234 g/mol. The van der Waals surface area contributed by atoms with Gasteiger partial charge in [-0.2, -0.15) is 0 Å². The van der Waals surface area contributed by atoms with E-state index in [0.29, 0.717) is 11.3 Å². The SMILES string of the molecule is CC(C)=CC(=O)Nc1ccc([N+](=O)[O-])c(C)c1. The molecule has 1 aromatic carbocycles. The van der Waals surface area contributed by atoms with Crippen LogP contribution < -0.4 is 5.32 Å². The van der Waals surface area contributed by atoms with Crippen LogP contribution in [0.3, 0.4) is 0 Å². The molecule has 17 heavy (non-hydrogen) atoms. The number of carbonyl (C=O) groups is 1. The van der Waals surface area contributed by atoms with Gasteiger partial charge in [0, 0.05) is 23.4 Å². The Morgan fingerprint density at radius 3 is 2.53 bits per heavy atom. The Bertz CT molecular complexity index is 489. The number of anilines is 1. The number of allylic oxidation sites excluding steroid dienone is 1. The molecule has 90 valence electrons. The summed E-state index contributed by atoms with van der Waals surface area (Å²) in [6.45, 7) is 5.27. The van der Waals surface area contributed by atoms with E-state index >= 15 is 0 Å². The molecule has 0 bridgehead atoms. The highest BCUT2D eigenvalue weighted by atomic mass is 16.6. The molecule has 0 aromatic heterocycles. The maximum Gasteiger partial charge on any atom is 0.272 e. The van der Waals surface area contributed by atoms with Gasteiger partial charge in [0.25, 0.3) is 5.69 Å². The molecule has 1 rings (SSSR count). The first kappa shape index (κ1) is 12.9. The molecule has 5 nitrogen and oxygen atoms in total. The fraction of sp³-hybridized carbons (Fsp3) is 0.250. The van der Waals surface area contributed by atoms with Crippen molar-refractivity contribution in [1.82, 2.24) is 0 Å². The summed E-state index contributed by atoms with van der Waals surface area (Å²) < 4.78 is 0. The van der Waals surface area contributed by atoms with Crippen molar-refractivity contribution in [3.8, 4) is 0 Å². The number of amides is 1. The monoisotopic (exact) mass is 234 g/mol. The number of nitro groups is 1. The quantitative estimate of drug-likeness (QED) is 0.496. The Morgan fingerprint density at radius 1 is 1.41 bits per heavy atom. The Hall–Kier alpha value is -2.17. The number of hydrogen-bond donors (Lipinski definition) is 1. The molecule has 0 saturated heterocycles. The number of nitrogens with zero attached hydrogens (tertiary/aromatic N) is 1. The Labute approximate surface area is 99.3 Å². The van der Waals surface area contributed by atoms with Crippen LogP contribution in [0.15, 0.2) is 29.8 Å². The number of nitrogens with one attached hydrogen (secondary N) is 1. The number of aryl methyl sites for hydroxylation is 1. The van der Waals surface area contributed by atoms with Crippen molar-refractivity contribution in [2.24, 2.45) is 0 Å². The van der Waals surface area contributed by atoms with E-state index < -0.39 is 4.92 Å². The molecule has 0 fully saturated rings. The van der Waals surface area contributed by atoms with Crippen molar-refractivity contribution in [2.75, 3.05) is 5.32 Å². The predicted octanol–water partition coefficient (Wildman–Crippen LogP) is 2.81. The third-order valence-electron chi connectivity index (χ3n) is 2.08. The second-order valence-electron chi connectivity index (χ2n) is 3.97. The summed E-state index contributed by atoms with van der Waals surface area (Å²) >= 11 is 0. The molecule has 0 heterocycles. The first-order valence-electron chi connectivity index (χ1n) is 5.11. The molecule has 1 aromatic rings. The minimum Gasteiger partial charge on any atom is -0.322 e. The standard InChI is InChI=1S/C12H14N2O3/c1-8(2)6-12(15)13-10-4-5-11(14(16)17)9(3)7-10/h4-7H,1-3H3,(H,13,15). The van der Waals surface area contributed by atoms with Crippen molar-refractivity contribution < 1.29 is 9.72 Å². The molecule has 0 spiro atoms. The van der Waals surface area contributed by atoms with Gasteiger partial charge in [0.2, 0.25) is 5.91 Å². The topological polar surface area (TPSA) is 72.2 Å². The van der Waals surface area contributed by atoms with Crippen LogP contribution in [0.25, 0.3) is 0 Å². The summed E-state index contributed by atoms with van der Waals surface area (Å²) in [5.41, 5.74) is 2.01. The lowest BCUT2D eigenvalue weighted by molar-refractivity contribution is -0.385. The highest BCUT2D eigenvalue weighted by Gasteiger charge is 2.10. The van der Waals surface area contributed by atoms with E-state index in [1.807, 2.05) is 13.8 Å². The van der Waals surface area contributed by atoms with Crippen LogP contribution in [0, 0.1) is 17.0 Å². The zero-order chi connectivity index (χ0) is 13.0. The van der Waals surface area contributed by atoms with Gasteiger partial charge in [-0.25, -0.2) is 0 Å². The van der Waals surface area contributed by atoms with Crippen molar-refractivity contribution >= 4 is 17.3 Å². The van der Waals surface area contributed by atoms with Gasteiger partial charge < -0.3 is 5.32 Å². The summed E-state index contributed by atoms with van der Waals surface area (Å²) in [6, 6.07) is 4.48. The molecule has 1 N–H and O–H groups in total. The number of carbonyl (C=O) groups excluding carboxylic acids is 1. The fourth-order valence-electron chi connectivity index (χ4n) is 1.38. The molecule has 0 aliphatic rings. The van der Waals surface area contributed by atoms with Gasteiger partial charge in [-0.15, -0.1) is 0 Å². The summed E-state index contributed by atoms with van der Waals surface area (Å²) in [7, 11) is 0. The van der Waals surface area contributed by atoms with Crippen LogP contribution >= 0.6 is 0 Å². The lowest BCUT2D eigenvalue weighted by atomic mass is 10.2. The van der Waals surface area contributed by atoms with E-state index in [4.69, 9.17) is 0 Å². The number of benzene rings is 1. The minimum absolute atomic E-state index is 0.0465. The van der Waals surface area contributed by atoms with Gasteiger partial charge in [0.1, 0.15) is 0 Å². The van der Waals surface area contributed by atoms with Crippen molar-refractivity contribution in [1.29, 1.82) is 0 Å².